The molecule has 4 rings (SSSR count). The van der Waals surface area contributed by atoms with E-state index in [-0.39, 0.29) is 29.6 Å². The Labute approximate surface area is 250 Å². The van der Waals surface area contributed by atoms with Crippen molar-refractivity contribution in [3.05, 3.63) is 25.3 Å². The smallest absolute Gasteiger partial charge is 0.247 e. The molecule has 2 unspecified atom stereocenters. The molecule has 3 amide bonds. The third-order valence-corrected chi connectivity index (χ3v) is 11.2. The molecule has 1 spiro atoms. The number of aliphatic hydroxyl groups is 1. The Bertz CT molecular complexity index is 943. The molecule has 0 aromatic rings. The lowest BCUT2D eigenvalue weighted by molar-refractivity contribution is -0.144. The Hall–Kier alpha value is -1.88. The number of hydrogen-bond donors (Lipinski definition) is 1. The summed E-state index contributed by atoms with van der Waals surface area (Å²) >= 11 is 1.74. The lowest BCUT2D eigenvalue weighted by Crippen LogP contribution is -2.56. The van der Waals surface area contributed by atoms with Gasteiger partial charge in [0.1, 0.15) is 6.04 Å². The highest BCUT2D eigenvalue weighted by Crippen LogP contribution is 2.66. The Kier molecular flexibility index (Phi) is 11.7. The summed E-state index contributed by atoms with van der Waals surface area (Å²) in [6.07, 6.45) is 9.29. The number of morpholine rings is 1. The first kappa shape index (κ1) is 32.0. The van der Waals surface area contributed by atoms with Gasteiger partial charge >= 0.3 is 0 Å². The highest BCUT2D eigenvalue weighted by atomic mass is 32.2. The molecule has 4 saturated heterocycles. The van der Waals surface area contributed by atoms with Crippen molar-refractivity contribution in [1.29, 1.82) is 0 Å². The van der Waals surface area contributed by atoms with Crippen molar-refractivity contribution in [1.82, 2.24) is 19.6 Å². The van der Waals surface area contributed by atoms with Crippen LogP contribution in [0.5, 0.6) is 0 Å². The van der Waals surface area contributed by atoms with Gasteiger partial charge in [0.05, 0.1) is 29.8 Å². The molecule has 1 N–H and O–H groups in total. The van der Waals surface area contributed by atoms with Gasteiger partial charge in [0.25, 0.3) is 0 Å². The molecular weight excluding hydrogens is 540 g/mol. The van der Waals surface area contributed by atoms with Crippen LogP contribution in [0.4, 0.5) is 0 Å². The normalized spacial score (nSPS) is 29.0. The van der Waals surface area contributed by atoms with Gasteiger partial charge < -0.3 is 24.5 Å². The van der Waals surface area contributed by atoms with Crippen LogP contribution in [0.25, 0.3) is 0 Å². The number of amides is 3. The molecule has 10 heteroatoms. The average molecular weight is 591 g/mol. The third kappa shape index (κ3) is 6.71. The third-order valence-electron chi connectivity index (χ3n) is 9.23. The van der Waals surface area contributed by atoms with E-state index in [4.69, 9.17) is 4.74 Å². The molecule has 0 aliphatic carbocycles. The van der Waals surface area contributed by atoms with E-state index in [0.29, 0.717) is 45.9 Å². The van der Waals surface area contributed by atoms with Crippen LogP contribution in [-0.4, -0.2) is 131 Å². The molecule has 5 atom stereocenters. The summed E-state index contributed by atoms with van der Waals surface area (Å²) in [5.74, 6) is -0.874. The number of likely N-dealkylation sites (tertiary alicyclic amines) is 1. The summed E-state index contributed by atoms with van der Waals surface area (Å²) in [5, 5.41) is 9.25. The molecule has 0 saturated carbocycles. The van der Waals surface area contributed by atoms with E-state index in [2.05, 4.69) is 25.0 Å². The summed E-state index contributed by atoms with van der Waals surface area (Å²) < 4.78 is 4.92. The average Bonchev–Trinajstić information content (AvgIpc) is 3.62. The van der Waals surface area contributed by atoms with Crippen LogP contribution >= 0.6 is 11.8 Å². The lowest BCUT2D eigenvalue weighted by atomic mass is 9.70. The van der Waals surface area contributed by atoms with Gasteiger partial charge in [-0.25, -0.2) is 0 Å². The van der Waals surface area contributed by atoms with E-state index in [1.165, 1.54) is 0 Å². The molecule has 0 aromatic heterocycles. The van der Waals surface area contributed by atoms with Crippen molar-refractivity contribution in [2.45, 2.75) is 67.9 Å². The van der Waals surface area contributed by atoms with Crippen LogP contribution in [0.1, 0.15) is 51.9 Å². The summed E-state index contributed by atoms with van der Waals surface area (Å²) in [5.41, 5.74) is 0. The summed E-state index contributed by atoms with van der Waals surface area (Å²) in [6.45, 7) is 16.5. The van der Waals surface area contributed by atoms with Gasteiger partial charge in [-0.1, -0.05) is 31.9 Å². The maximum absolute atomic E-state index is 14.5. The van der Waals surface area contributed by atoms with Crippen molar-refractivity contribution in [3.8, 4) is 0 Å². The van der Waals surface area contributed by atoms with Crippen molar-refractivity contribution in [2.24, 2.45) is 11.8 Å². The van der Waals surface area contributed by atoms with Gasteiger partial charge in [0.15, 0.2) is 0 Å². The van der Waals surface area contributed by atoms with E-state index in [9.17, 15) is 19.5 Å². The minimum atomic E-state index is -0.575. The number of carbonyl (C=O) groups excluding carboxylic acids is 3. The Morgan fingerprint density at radius 1 is 1.05 bits per heavy atom. The maximum atomic E-state index is 14.5. The van der Waals surface area contributed by atoms with E-state index < -0.39 is 22.6 Å². The fourth-order valence-electron chi connectivity index (χ4n) is 7.34. The zero-order valence-electron chi connectivity index (χ0n) is 24.9. The van der Waals surface area contributed by atoms with Gasteiger partial charge in [-0.15, -0.1) is 24.9 Å². The Balaban J connectivity index is 1.61. The van der Waals surface area contributed by atoms with Gasteiger partial charge in [0.2, 0.25) is 17.7 Å². The van der Waals surface area contributed by atoms with Gasteiger partial charge in [-0.05, 0) is 32.1 Å². The number of rotatable bonds is 17. The molecule has 2 bridgehead atoms. The van der Waals surface area contributed by atoms with E-state index in [1.807, 2.05) is 14.7 Å². The number of fused-ring (bicyclic) bond motifs is 1. The number of aliphatic hydroxyl groups excluding tert-OH is 1. The van der Waals surface area contributed by atoms with E-state index >= 15 is 0 Å². The van der Waals surface area contributed by atoms with Gasteiger partial charge in [-0.2, -0.15) is 0 Å². The molecule has 4 aliphatic heterocycles. The van der Waals surface area contributed by atoms with Crippen LogP contribution in [0.3, 0.4) is 0 Å². The second kappa shape index (κ2) is 15.0. The fraction of sp³-hybridized carbons (Fsp3) is 0.774. The second-order valence-corrected chi connectivity index (χ2v) is 13.4. The van der Waals surface area contributed by atoms with Crippen molar-refractivity contribution in [3.63, 3.8) is 0 Å². The lowest BCUT2D eigenvalue weighted by Gasteiger charge is -2.38. The first-order valence-corrected chi connectivity index (χ1v) is 16.5. The summed E-state index contributed by atoms with van der Waals surface area (Å²) in [6, 6.07) is -0.575. The molecule has 4 heterocycles. The molecular formula is C31H50N4O5S. The molecule has 0 radical (unpaired) electrons. The van der Waals surface area contributed by atoms with Crippen molar-refractivity contribution in [2.75, 3.05) is 72.2 Å². The quantitative estimate of drug-likeness (QED) is 0.205. The molecule has 9 nitrogen and oxygen atoms in total. The Morgan fingerprint density at radius 3 is 2.39 bits per heavy atom. The van der Waals surface area contributed by atoms with Crippen LogP contribution in [-0.2, 0) is 19.1 Å². The second-order valence-electron chi connectivity index (χ2n) is 11.8. The minimum Gasteiger partial charge on any atom is -0.396 e. The number of thioether (sulfide) groups is 1. The number of ether oxygens (including phenoxy) is 1. The Morgan fingerprint density at radius 2 is 1.73 bits per heavy atom. The van der Waals surface area contributed by atoms with Crippen LogP contribution in [0.2, 0.25) is 0 Å². The molecule has 4 aliphatic rings. The van der Waals surface area contributed by atoms with Gasteiger partial charge in [-0.3, -0.25) is 19.3 Å². The topological polar surface area (TPSA) is 93.6 Å². The first-order chi connectivity index (χ1) is 19.9. The number of hydrogen-bond acceptors (Lipinski definition) is 7. The number of carbonyl (C=O) groups is 3. The highest BCUT2D eigenvalue weighted by molar-refractivity contribution is 8.02. The fourth-order valence-corrected chi connectivity index (χ4v) is 9.54. The number of unbranched alkanes of at least 4 members (excludes halogenated alkanes) is 3. The SMILES string of the molecule is C=CCN(CCN1CCOCC1)C(=O)C1N(CCCCCCO)C(=O)[C@@H]2[C@@H](C(=O)N(CC=C)CCC)[C@H]3CCC12S3. The first-order valence-electron chi connectivity index (χ1n) is 15.6. The predicted octanol–water partition coefficient (Wildman–Crippen LogP) is 2.40. The van der Waals surface area contributed by atoms with Crippen LogP contribution in [0, 0.1) is 11.8 Å². The zero-order valence-corrected chi connectivity index (χ0v) is 25.7. The molecule has 230 valence electrons. The standard InChI is InChI=1S/C31H50N4O5S/c1-4-13-33(14-5-2)28(37)25-24-11-12-31(41-24)26(25)29(38)35(16-9-7-8-10-21-36)27(31)30(39)34(15-6-3)18-17-32-19-22-40-23-20-32/h4,6,24-27,36H,1,3,5,7-23H2,2H3/t24-,25+,26+,27?,31?/m1/s1. The summed E-state index contributed by atoms with van der Waals surface area (Å²) in [4.78, 5) is 50.7. The van der Waals surface area contributed by atoms with Crippen molar-refractivity contribution >= 4 is 29.5 Å². The van der Waals surface area contributed by atoms with Gasteiger partial charge in [0, 0.05) is 64.2 Å². The van der Waals surface area contributed by atoms with E-state index in [1.54, 1.807) is 23.9 Å². The number of nitrogens with zero attached hydrogens (tertiary/aromatic N) is 4. The molecule has 41 heavy (non-hydrogen) atoms. The van der Waals surface area contributed by atoms with E-state index in [0.717, 1.165) is 64.6 Å². The van der Waals surface area contributed by atoms with Crippen molar-refractivity contribution < 1.29 is 24.2 Å². The molecule has 4 fully saturated rings. The maximum Gasteiger partial charge on any atom is 0.247 e. The monoisotopic (exact) mass is 590 g/mol. The largest absolute Gasteiger partial charge is 0.396 e. The zero-order chi connectivity index (χ0) is 29.4. The van der Waals surface area contributed by atoms with Crippen LogP contribution in [0.15, 0.2) is 25.3 Å². The molecule has 0 aromatic carbocycles. The van der Waals surface area contributed by atoms with Crippen LogP contribution < -0.4 is 0 Å². The minimum absolute atomic E-state index is 0.0119. The highest BCUT2D eigenvalue weighted by Gasteiger charge is 2.73. The predicted molar refractivity (Wildman–Crippen MR) is 162 cm³/mol. The summed E-state index contributed by atoms with van der Waals surface area (Å²) in [7, 11) is 0.